The fourth-order valence-electron chi connectivity index (χ4n) is 1.07. The Labute approximate surface area is 89.7 Å². The fourth-order valence-corrected chi connectivity index (χ4v) is 1.07. The van der Waals surface area contributed by atoms with Crippen molar-refractivity contribution >= 4 is 0 Å². The van der Waals surface area contributed by atoms with Crippen molar-refractivity contribution in [1.82, 2.24) is 0 Å². The van der Waals surface area contributed by atoms with Crippen LogP contribution in [0.4, 0.5) is 0 Å². The first kappa shape index (κ1) is 15.4. The summed E-state index contributed by atoms with van der Waals surface area (Å²) in [5, 5.41) is 0. The lowest BCUT2D eigenvalue weighted by atomic mass is 9.97. The van der Waals surface area contributed by atoms with Gasteiger partial charge < -0.3 is 0 Å². The van der Waals surface area contributed by atoms with Gasteiger partial charge in [0.1, 0.15) is 0 Å². The molecule has 0 heteroatoms. The van der Waals surface area contributed by atoms with Gasteiger partial charge in [-0.15, -0.1) is 0 Å². The average Bonchev–Trinajstić information content (AvgIpc) is 2.16. The third kappa shape index (κ3) is 7.60. The van der Waals surface area contributed by atoms with Crippen LogP contribution in [-0.4, -0.2) is 0 Å². The topological polar surface area (TPSA) is 0 Å². The highest BCUT2D eigenvalue weighted by atomic mass is 14.1. The molecule has 0 saturated carbocycles. The van der Waals surface area contributed by atoms with Crippen molar-refractivity contribution in [1.29, 1.82) is 0 Å². The van der Waals surface area contributed by atoms with Gasteiger partial charge in [0.15, 0.2) is 0 Å². The highest BCUT2D eigenvalue weighted by molar-refractivity contribution is 5.39. The van der Waals surface area contributed by atoms with Crippen LogP contribution in [0.25, 0.3) is 0 Å². The number of hydrogen-bond donors (Lipinski definition) is 0. The van der Waals surface area contributed by atoms with E-state index in [1.807, 2.05) is 26.0 Å². The van der Waals surface area contributed by atoms with Crippen molar-refractivity contribution in [3.05, 3.63) is 49.1 Å². The second-order valence-corrected chi connectivity index (χ2v) is 3.26. The Kier molecular flexibility index (Phi) is 11.1. The highest BCUT2D eigenvalue weighted by Crippen LogP contribution is 2.17. The SMILES string of the molecule is C=C/C=C(\C=C)C(=C)CC(C)C.CC. The van der Waals surface area contributed by atoms with Gasteiger partial charge in [-0.2, -0.15) is 0 Å². The Hall–Kier alpha value is -1.04. The predicted octanol–water partition coefficient (Wildman–Crippen LogP) is 4.91. The summed E-state index contributed by atoms with van der Waals surface area (Å²) in [5.74, 6) is 0.644. The second-order valence-electron chi connectivity index (χ2n) is 3.26. The zero-order valence-electron chi connectivity index (χ0n) is 10.1. The molecule has 0 nitrogen and oxygen atoms in total. The van der Waals surface area contributed by atoms with Gasteiger partial charge in [-0.3, -0.25) is 0 Å². The Bertz CT molecular complexity index is 204. The smallest absolute Gasteiger partial charge is 0.0236 e. The molecule has 0 aliphatic heterocycles. The van der Waals surface area contributed by atoms with E-state index in [1.165, 1.54) is 0 Å². The minimum Gasteiger partial charge on any atom is -0.0990 e. The molecule has 0 rings (SSSR count). The maximum absolute atomic E-state index is 4.00. The van der Waals surface area contributed by atoms with E-state index in [-0.39, 0.29) is 0 Å². The molecular weight excluding hydrogens is 168 g/mol. The van der Waals surface area contributed by atoms with E-state index in [9.17, 15) is 0 Å². The van der Waals surface area contributed by atoms with Crippen LogP contribution in [0.5, 0.6) is 0 Å². The zero-order valence-corrected chi connectivity index (χ0v) is 10.1. The molecule has 0 bridgehead atoms. The van der Waals surface area contributed by atoms with Crippen LogP contribution in [-0.2, 0) is 0 Å². The van der Waals surface area contributed by atoms with Gasteiger partial charge in [-0.1, -0.05) is 65.7 Å². The lowest BCUT2D eigenvalue weighted by Crippen LogP contribution is -1.92. The van der Waals surface area contributed by atoms with Crippen LogP contribution in [0.15, 0.2) is 49.1 Å². The first-order valence-electron chi connectivity index (χ1n) is 5.25. The summed E-state index contributed by atoms with van der Waals surface area (Å²) in [4.78, 5) is 0. The van der Waals surface area contributed by atoms with E-state index in [4.69, 9.17) is 0 Å². The minimum atomic E-state index is 0.644. The van der Waals surface area contributed by atoms with E-state index < -0.39 is 0 Å². The van der Waals surface area contributed by atoms with E-state index in [0.717, 1.165) is 17.6 Å². The summed E-state index contributed by atoms with van der Waals surface area (Å²) >= 11 is 0. The molecule has 80 valence electrons. The number of hydrogen-bond acceptors (Lipinski definition) is 0. The first-order valence-corrected chi connectivity index (χ1v) is 5.25. The predicted molar refractivity (Wildman–Crippen MR) is 68.4 cm³/mol. The summed E-state index contributed by atoms with van der Waals surface area (Å²) < 4.78 is 0. The van der Waals surface area contributed by atoms with E-state index in [2.05, 4.69) is 33.6 Å². The number of allylic oxidation sites excluding steroid dienone is 5. The van der Waals surface area contributed by atoms with Crippen molar-refractivity contribution in [2.75, 3.05) is 0 Å². The van der Waals surface area contributed by atoms with E-state index in [1.54, 1.807) is 6.08 Å². The maximum atomic E-state index is 4.00. The molecule has 0 aliphatic rings. The van der Waals surface area contributed by atoms with Crippen LogP contribution in [0.1, 0.15) is 34.1 Å². The van der Waals surface area contributed by atoms with Gasteiger partial charge >= 0.3 is 0 Å². The number of rotatable bonds is 5. The largest absolute Gasteiger partial charge is 0.0990 e. The molecule has 0 amide bonds. The molecule has 0 heterocycles. The van der Waals surface area contributed by atoms with Gasteiger partial charge in [0, 0.05) is 0 Å². The van der Waals surface area contributed by atoms with Crippen LogP contribution in [0, 0.1) is 5.92 Å². The first-order chi connectivity index (χ1) is 6.61. The minimum absolute atomic E-state index is 0.644. The van der Waals surface area contributed by atoms with Crippen molar-refractivity contribution in [2.45, 2.75) is 34.1 Å². The van der Waals surface area contributed by atoms with Crippen LogP contribution >= 0.6 is 0 Å². The van der Waals surface area contributed by atoms with Crippen LogP contribution < -0.4 is 0 Å². The Morgan fingerprint density at radius 1 is 1.21 bits per heavy atom. The van der Waals surface area contributed by atoms with Crippen LogP contribution in [0.2, 0.25) is 0 Å². The molecule has 0 aromatic rings. The Morgan fingerprint density at radius 3 is 2.00 bits per heavy atom. The molecule has 0 N–H and O–H groups in total. The molecule has 0 atom stereocenters. The van der Waals surface area contributed by atoms with Gasteiger partial charge in [0.05, 0.1) is 0 Å². The fraction of sp³-hybridized carbons (Fsp3) is 0.429. The molecule has 0 spiro atoms. The third-order valence-electron chi connectivity index (χ3n) is 1.58. The third-order valence-corrected chi connectivity index (χ3v) is 1.58. The molecule has 0 saturated heterocycles. The van der Waals surface area contributed by atoms with E-state index in [0.29, 0.717) is 5.92 Å². The summed E-state index contributed by atoms with van der Waals surface area (Å²) in [5.41, 5.74) is 2.23. The molecule has 0 unspecified atom stereocenters. The van der Waals surface area contributed by atoms with E-state index >= 15 is 0 Å². The summed E-state index contributed by atoms with van der Waals surface area (Å²) in [6, 6.07) is 0. The molecule has 14 heavy (non-hydrogen) atoms. The summed E-state index contributed by atoms with van der Waals surface area (Å²) in [6.45, 7) is 19.7. The van der Waals surface area contributed by atoms with Gasteiger partial charge in [-0.05, 0) is 23.5 Å². The molecule has 0 aromatic carbocycles. The summed E-state index contributed by atoms with van der Waals surface area (Å²) in [7, 11) is 0. The zero-order chi connectivity index (χ0) is 11.6. The van der Waals surface area contributed by atoms with Crippen molar-refractivity contribution < 1.29 is 0 Å². The lowest BCUT2D eigenvalue weighted by molar-refractivity contribution is 0.648. The van der Waals surface area contributed by atoms with Gasteiger partial charge in [0.2, 0.25) is 0 Å². The Balaban J connectivity index is 0. The van der Waals surface area contributed by atoms with Crippen LogP contribution in [0.3, 0.4) is 0 Å². The molecular formula is C14H24. The highest BCUT2D eigenvalue weighted by Gasteiger charge is 2.00. The molecule has 0 radical (unpaired) electrons. The Morgan fingerprint density at radius 2 is 1.71 bits per heavy atom. The quantitative estimate of drug-likeness (QED) is 0.543. The monoisotopic (exact) mass is 192 g/mol. The maximum Gasteiger partial charge on any atom is -0.0236 e. The molecule has 0 aromatic heterocycles. The summed E-state index contributed by atoms with van der Waals surface area (Å²) in [6.07, 6.45) is 6.55. The van der Waals surface area contributed by atoms with Gasteiger partial charge in [0.25, 0.3) is 0 Å². The van der Waals surface area contributed by atoms with Crippen molar-refractivity contribution in [3.8, 4) is 0 Å². The molecule has 0 aliphatic carbocycles. The van der Waals surface area contributed by atoms with Crippen molar-refractivity contribution in [3.63, 3.8) is 0 Å². The standard InChI is InChI=1S/C12H18.C2H6/c1-6-8-12(7-2)11(5)9-10(3)4;1-2/h6-8,10H,1-2,5,9H2,3-4H3;1-2H3/b12-8+;. The average molecular weight is 192 g/mol. The normalized spacial score (nSPS) is 10.2. The molecule has 0 fully saturated rings. The lowest BCUT2D eigenvalue weighted by Gasteiger charge is -2.08. The second kappa shape index (κ2) is 10.0. The van der Waals surface area contributed by atoms with Gasteiger partial charge in [-0.25, -0.2) is 0 Å². The van der Waals surface area contributed by atoms with Crippen molar-refractivity contribution in [2.24, 2.45) is 5.92 Å².